The van der Waals surface area contributed by atoms with Crippen LogP contribution in [0.1, 0.15) is 11.3 Å². The zero-order valence-electron chi connectivity index (χ0n) is 10.7. The van der Waals surface area contributed by atoms with Crippen LogP contribution in [0.15, 0.2) is 36.5 Å². The summed E-state index contributed by atoms with van der Waals surface area (Å²) in [6, 6.07) is 7.35. The van der Waals surface area contributed by atoms with Gasteiger partial charge in [-0.25, -0.2) is 0 Å². The van der Waals surface area contributed by atoms with Crippen LogP contribution in [-0.4, -0.2) is 15.7 Å². The van der Waals surface area contributed by atoms with Gasteiger partial charge in [0.15, 0.2) is 0 Å². The second kappa shape index (κ2) is 5.71. The Balaban J connectivity index is 2.06. The highest BCUT2D eigenvalue weighted by Gasteiger charge is 2.05. The Morgan fingerprint density at radius 3 is 2.79 bits per heavy atom. The number of benzene rings is 1. The van der Waals surface area contributed by atoms with Crippen molar-refractivity contribution in [3.63, 3.8) is 0 Å². The molecule has 0 aliphatic rings. The first kappa shape index (κ1) is 13.4. The fourth-order valence-electron chi connectivity index (χ4n) is 1.67. The maximum atomic E-state index is 11.8. The number of anilines is 1. The summed E-state index contributed by atoms with van der Waals surface area (Å²) in [4.78, 5) is 11.8. The first-order chi connectivity index (χ1) is 9.06. The molecule has 98 valence electrons. The number of aromatic nitrogens is 2. The third-order valence-corrected chi connectivity index (χ3v) is 2.94. The molecule has 0 saturated carbocycles. The zero-order valence-corrected chi connectivity index (χ0v) is 11.5. The molecule has 4 nitrogen and oxygen atoms in total. The Bertz CT molecular complexity index is 631. The van der Waals surface area contributed by atoms with Gasteiger partial charge in [0.25, 0.3) is 0 Å². The summed E-state index contributed by atoms with van der Waals surface area (Å²) in [7, 11) is 1.81. The highest BCUT2D eigenvalue weighted by Crippen LogP contribution is 2.16. The van der Waals surface area contributed by atoms with Gasteiger partial charge in [-0.05, 0) is 24.6 Å². The van der Waals surface area contributed by atoms with Crippen molar-refractivity contribution in [2.24, 2.45) is 7.05 Å². The topological polar surface area (TPSA) is 46.9 Å². The average molecular weight is 276 g/mol. The predicted octanol–water partition coefficient (Wildman–Crippen LogP) is 3.03. The molecule has 1 heterocycles. The smallest absolute Gasteiger partial charge is 0.248 e. The summed E-state index contributed by atoms with van der Waals surface area (Å²) < 4.78 is 1.66. The summed E-state index contributed by atoms with van der Waals surface area (Å²) in [5.74, 6) is -0.212. The molecule has 5 heteroatoms. The Morgan fingerprint density at radius 2 is 2.16 bits per heavy atom. The number of carbonyl (C=O) groups excluding carboxylic acids is 1. The number of nitrogens with one attached hydrogen (secondary N) is 1. The first-order valence-corrected chi connectivity index (χ1v) is 6.18. The highest BCUT2D eigenvalue weighted by molar-refractivity contribution is 6.32. The lowest BCUT2D eigenvalue weighted by molar-refractivity contribution is -0.111. The molecule has 0 radical (unpaired) electrons. The molecule has 0 spiro atoms. The minimum absolute atomic E-state index is 0.212. The van der Waals surface area contributed by atoms with E-state index in [1.807, 2.05) is 32.2 Å². The van der Waals surface area contributed by atoms with Crippen LogP contribution in [0.3, 0.4) is 0 Å². The van der Waals surface area contributed by atoms with Gasteiger partial charge in [-0.1, -0.05) is 29.8 Å². The number of rotatable bonds is 3. The van der Waals surface area contributed by atoms with Crippen molar-refractivity contribution in [3.8, 4) is 0 Å². The third kappa shape index (κ3) is 3.45. The summed E-state index contributed by atoms with van der Waals surface area (Å²) in [5.41, 5.74) is 2.29. The van der Waals surface area contributed by atoms with Crippen LogP contribution in [0, 0.1) is 6.92 Å². The fourth-order valence-corrected chi connectivity index (χ4v) is 1.87. The Kier molecular flexibility index (Phi) is 4.02. The van der Waals surface area contributed by atoms with Crippen molar-refractivity contribution >= 4 is 29.3 Å². The molecule has 0 bridgehead atoms. The summed E-state index contributed by atoms with van der Waals surface area (Å²) in [6.45, 7) is 1.84. The minimum atomic E-state index is -0.212. The molecule has 0 atom stereocenters. The lowest BCUT2D eigenvalue weighted by Crippen LogP contribution is -2.07. The van der Waals surface area contributed by atoms with Crippen LogP contribution >= 0.6 is 11.6 Å². The fraction of sp³-hybridized carbons (Fsp3) is 0.143. The molecule has 1 aromatic heterocycles. The van der Waals surface area contributed by atoms with E-state index in [9.17, 15) is 4.79 Å². The van der Waals surface area contributed by atoms with E-state index >= 15 is 0 Å². The highest BCUT2D eigenvalue weighted by atomic mass is 35.5. The van der Waals surface area contributed by atoms with E-state index in [0.29, 0.717) is 10.7 Å². The maximum absolute atomic E-state index is 11.8. The summed E-state index contributed by atoms with van der Waals surface area (Å²) >= 11 is 6.00. The van der Waals surface area contributed by atoms with E-state index in [2.05, 4.69) is 10.4 Å². The maximum Gasteiger partial charge on any atom is 0.248 e. The van der Waals surface area contributed by atoms with E-state index in [1.165, 1.54) is 6.08 Å². The predicted molar refractivity (Wildman–Crippen MR) is 77.1 cm³/mol. The molecule has 0 fully saturated rings. The van der Waals surface area contributed by atoms with Gasteiger partial charge >= 0.3 is 0 Å². The van der Waals surface area contributed by atoms with E-state index < -0.39 is 0 Å². The van der Waals surface area contributed by atoms with Crippen molar-refractivity contribution in [1.82, 2.24) is 9.78 Å². The van der Waals surface area contributed by atoms with Crippen molar-refractivity contribution in [2.45, 2.75) is 6.92 Å². The normalized spacial score (nSPS) is 10.9. The van der Waals surface area contributed by atoms with E-state index in [-0.39, 0.29) is 5.91 Å². The molecule has 1 N–H and O–H groups in total. The third-order valence-electron chi connectivity index (χ3n) is 2.59. The van der Waals surface area contributed by atoms with E-state index in [4.69, 9.17) is 11.6 Å². The van der Waals surface area contributed by atoms with Gasteiger partial charge in [-0.3, -0.25) is 9.48 Å². The average Bonchev–Trinajstić information content (AvgIpc) is 2.67. The Hall–Kier alpha value is -2.07. The van der Waals surface area contributed by atoms with Crippen molar-refractivity contribution in [3.05, 3.63) is 52.8 Å². The van der Waals surface area contributed by atoms with Gasteiger partial charge < -0.3 is 5.32 Å². The van der Waals surface area contributed by atoms with Crippen LogP contribution in [0.4, 0.5) is 5.69 Å². The number of aryl methyl sites for hydroxylation is 2. The first-order valence-electron chi connectivity index (χ1n) is 5.80. The monoisotopic (exact) mass is 275 g/mol. The number of amides is 1. The van der Waals surface area contributed by atoms with Gasteiger partial charge in [0.2, 0.25) is 5.91 Å². The lowest BCUT2D eigenvalue weighted by Gasteiger charge is -1.99. The van der Waals surface area contributed by atoms with E-state index in [1.54, 1.807) is 23.0 Å². The zero-order chi connectivity index (χ0) is 13.8. The standard InChI is InChI=1S/C14H14ClN3O/c1-10-13(9-18(2)17-10)16-14(19)8-7-11-5-3-4-6-12(11)15/h3-9H,1-2H3,(H,16,19)/b8-7+. The van der Waals surface area contributed by atoms with Crippen LogP contribution in [0.2, 0.25) is 5.02 Å². The quantitative estimate of drug-likeness (QED) is 0.875. The number of hydrogen-bond donors (Lipinski definition) is 1. The Morgan fingerprint density at radius 1 is 1.42 bits per heavy atom. The SMILES string of the molecule is Cc1nn(C)cc1NC(=O)/C=C/c1ccccc1Cl. The number of nitrogens with zero attached hydrogens (tertiary/aromatic N) is 2. The minimum Gasteiger partial charge on any atom is -0.320 e. The number of carbonyl (C=O) groups is 1. The van der Waals surface area contributed by atoms with Gasteiger partial charge in [0.05, 0.1) is 11.4 Å². The molecule has 0 aliphatic heterocycles. The van der Waals surface area contributed by atoms with Crippen LogP contribution in [0.25, 0.3) is 6.08 Å². The lowest BCUT2D eigenvalue weighted by atomic mass is 10.2. The second-order valence-electron chi connectivity index (χ2n) is 4.15. The molecule has 0 aliphatic carbocycles. The van der Waals surface area contributed by atoms with Crippen LogP contribution in [-0.2, 0) is 11.8 Å². The molecular weight excluding hydrogens is 262 g/mol. The molecule has 19 heavy (non-hydrogen) atoms. The van der Waals surface area contributed by atoms with Crippen molar-refractivity contribution in [1.29, 1.82) is 0 Å². The number of halogens is 1. The molecular formula is C14H14ClN3O. The molecule has 0 unspecified atom stereocenters. The Labute approximate surface area is 116 Å². The van der Waals surface area contributed by atoms with Crippen LogP contribution in [0.5, 0.6) is 0 Å². The van der Waals surface area contributed by atoms with Gasteiger partial charge in [-0.2, -0.15) is 5.10 Å². The number of hydrogen-bond acceptors (Lipinski definition) is 2. The van der Waals surface area contributed by atoms with Gasteiger partial charge in [0, 0.05) is 24.3 Å². The van der Waals surface area contributed by atoms with Crippen molar-refractivity contribution in [2.75, 3.05) is 5.32 Å². The molecule has 1 amide bonds. The van der Waals surface area contributed by atoms with Gasteiger partial charge in [0.1, 0.15) is 0 Å². The van der Waals surface area contributed by atoms with Crippen LogP contribution < -0.4 is 5.32 Å². The molecule has 2 aromatic rings. The summed E-state index contributed by atoms with van der Waals surface area (Å²) in [5, 5.41) is 7.54. The largest absolute Gasteiger partial charge is 0.320 e. The molecule has 2 rings (SSSR count). The second-order valence-corrected chi connectivity index (χ2v) is 4.55. The van der Waals surface area contributed by atoms with Crippen molar-refractivity contribution < 1.29 is 4.79 Å². The van der Waals surface area contributed by atoms with Gasteiger partial charge in [-0.15, -0.1) is 0 Å². The molecule has 1 aromatic carbocycles. The summed E-state index contributed by atoms with van der Waals surface area (Å²) in [6.07, 6.45) is 4.90. The van der Waals surface area contributed by atoms with E-state index in [0.717, 1.165) is 11.3 Å². The molecule has 0 saturated heterocycles.